The molecule has 1 aromatic rings. The van der Waals surface area contributed by atoms with Gasteiger partial charge >= 0.3 is 0 Å². The first-order valence-corrected chi connectivity index (χ1v) is 10.7. The Hall–Kier alpha value is -1.35. The van der Waals surface area contributed by atoms with E-state index < -0.39 is 0 Å². The van der Waals surface area contributed by atoms with Gasteiger partial charge in [-0.05, 0) is 12.8 Å². The molecule has 138 valence electrons. The lowest BCUT2D eigenvalue weighted by Gasteiger charge is -2.34. The number of amides is 2. The fourth-order valence-electron chi connectivity index (χ4n) is 3.23. The first-order valence-electron chi connectivity index (χ1n) is 8.94. The smallest absolute Gasteiger partial charge is 0.230 e. The average molecular weight is 384 g/mol. The molecule has 1 aliphatic carbocycles. The van der Waals surface area contributed by atoms with Gasteiger partial charge in [0.25, 0.3) is 0 Å². The van der Waals surface area contributed by atoms with E-state index in [-0.39, 0.29) is 11.8 Å². The van der Waals surface area contributed by atoms with E-state index in [0.717, 1.165) is 48.5 Å². The van der Waals surface area contributed by atoms with Crippen LogP contribution < -0.4 is 10.2 Å². The topological polar surface area (TPSA) is 78.4 Å². The highest BCUT2D eigenvalue weighted by molar-refractivity contribution is 8.01. The maximum Gasteiger partial charge on any atom is 0.230 e. The van der Waals surface area contributed by atoms with Crippen LogP contribution in [-0.2, 0) is 9.59 Å². The second-order valence-electron chi connectivity index (χ2n) is 6.41. The highest BCUT2D eigenvalue weighted by Gasteiger charge is 2.23. The fourth-order valence-corrected chi connectivity index (χ4v) is 4.93. The van der Waals surface area contributed by atoms with E-state index >= 15 is 0 Å². The number of thioether (sulfide) groups is 1. The lowest BCUT2D eigenvalue weighted by atomic mass is 10.2. The van der Waals surface area contributed by atoms with Crippen molar-refractivity contribution in [2.75, 3.05) is 36.8 Å². The molecule has 2 aliphatic rings. The Labute approximate surface area is 156 Å². The van der Waals surface area contributed by atoms with Crippen molar-refractivity contribution in [2.24, 2.45) is 0 Å². The van der Waals surface area contributed by atoms with E-state index in [1.54, 1.807) is 0 Å². The number of anilines is 1. The number of aromatic nitrogens is 2. The van der Waals surface area contributed by atoms with Crippen LogP contribution in [0.15, 0.2) is 4.34 Å². The molecule has 1 N–H and O–H groups in total. The first-order chi connectivity index (χ1) is 12.2. The minimum Gasteiger partial charge on any atom is -0.353 e. The van der Waals surface area contributed by atoms with E-state index in [4.69, 9.17) is 0 Å². The van der Waals surface area contributed by atoms with Crippen molar-refractivity contribution in [3.8, 4) is 0 Å². The number of nitrogens with one attached hydrogen (secondary N) is 1. The Morgan fingerprint density at radius 2 is 1.92 bits per heavy atom. The third-order valence-corrected chi connectivity index (χ3v) is 6.77. The van der Waals surface area contributed by atoms with Gasteiger partial charge in [0.1, 0.15) is 0 Å². The molecule has 0 aromatic carbocycles. The van der Waals surface area contributed by atoms with Crippen molar-refractivity contribution in [1.82, 2.24) is 20.4 Å². The van der Waals surface area contributed by atoms with Gasteiger partial charge in [-0.3, -0.25) is 9.59 Å². The molecule has 0 radical (unpaired) electrons. The predicted octanol–water partition coefficient (Wildman–Crippen LogP) is 1.75. The van der Waals surface area contributed by atoms with Crippen LogP contribution in [0.3, 0.4) is 0 Å². The lowest BCUT2D eigenvalue weighted by molar-refractivity contribution is -0.131. The summed E-state index contributed by atoms with van der Waals surface area (Å²) >= 11 is 2.97. The van der Waals surface area contributed by atoms with Gasteiger partial charge in [0, 0.05) is 38.6 Å². The van der Waals surface area contributed by atoms with Crippen LogP contribution >= 0.6 is 23.1 Å². The standard InChI is InChI=1S/C16H25N5O2S2/c1-2-14(23)20-7-9-21(10-8-20)15-18-19-16(25-15)24-11-13(22)17-12-5-3-4-6-12/h12H,2-11H2,1H3,(H,17,22). The molecule has 2 heterocycles. The zero-order chi connectivity index (χ0) is 17.6. The molecule has 2 fully saturated rings. The highest BCUT2D eigenvalue weighted by Crippen LogP contribution is 2.28. The van der Waals surface area contributed by atoms with Gasteiger partial charge < -0.3 is 15.1 Å². The highest BCUT2D eigenvalue weighted by atomic mass is 32.2. The van der Waals surface area contributed by atoms with Gasteiger partial charge in [0.05, 0.1) is 5.75 Å². The van der Waals surface area contributed by atoms with E-state index in [2.05, 4.69) is 20.4 Å². The zero-order valence-electron chi connectivity index (χ0n) is 14.6. The number of hydrogen-bond donors (Lipinski definition) is 1. The van der Waals surface area contributed by atoms with E-state index in [9.17, 15) is 9.59 Å². The molecule has 25 heavy (non-hydrogen) atoms. The Kier molecular flexibility index (Phi) is 6.52. The van der Waals surface area contributed by atoms with Crippen LogP contribution in [0.25, 0.3) is 0 Å². The summed E-state index contributed by atoms with van der Waals surface area (Å²) in [5.74, 6) is 0.686. The van der Waals surface area contributed by atoms with E-state index in [0.29, 0.717) is 18.2 Å². The van der Waals surface area contributed by atoms with Crippen molar-refractivity contribution in [3.05, 3.63) is 0 Å². The molecule has 9 heteroatoms. The molecule has 1 aliphatic heterocycles. The maximum atomic E-state index is 12.0. The molecule has 1 saturated carbocycles. The average Bonchev–Trinajstić information content (AvgIpc) is 3.31. The minimum absolute atomic E-state index is 0.0837. The number of hydrogen-bond acceptors (Lipinski definition) is 7. The van der Waals surface area contributed by atoms with Crippen molar-refractivity contribution in [1.29, 1.82) is 0 Å². The van der Waals surface area contributed by atoms with Crippen LogP contribution in [0, 0.1) is 0 Å². The Morgan fingerprint density at radius 1 is 1.20 bits per heavy atom. The summed E-state index contributed by atoms with van der Waals surface area (Å²) in [7, 11) is 0. The van der Waals surface area contributed by atoms with Crippen molar-refractivity contribution in [2.45, 2.75) is 49.4 Å². The van der Waals surface area contributed by atoms with Crippen LogP contribution in [0.5, 0.6) is 0 Å². The van der Waals surface area contributed by atoms with Gasteiger partial charge in [0.15, 0.2) is 4.34 Å². The summed E-state index contributed by atoms with van der Waals surface area (Å²) < 4.78 is 0.823. The van der Waals surface area contributed by atoms with E-state index in [1.165, 1.54) is 35.9 Å². The first kappa shape index (κ1) is 18.4. The molecule has 0 unspecified atom stereocenters. The van der Waals surface area contributed by atoms with Gasteiger partial charge in [-0.2, -0.15) is 0 Å². The van der Waals surface area contributed by atoms with E-state index in [1.807, 2.05) is 11.8 Å². The summed E-state index contributed by atoms with van der Waals surface area (Å²) in [6.07, 6.45) is 5.20. The van der Waals surface area contributed by atoms with Gasteiger partial charge in [-0.15, -0.1) is 10.2 Å². The third kappa shape index (κ3) is 5.07. The Bertz CT molecular complexity index is 595. The molecule has 0 bridgehead atoms. The Morgan fingerprint density at radius 3 is 2.60 bits per heavy atom. The normalized spacial score (nSPS) is 18.6. The second kappa shape index (κ2) is 8.84. The van der Waals surface area contributed by atoms with Gasteiger partial charge in [0.2, 0.25) is 16.9 Å². The number of carbonyl (C=O) groups excluding carboxylic acids is 2. The summed E-state index contributed by atoms with van der Waals surface area (Å²) in [5, 5.41) is 12.4. The maximum absolute atomic E-state index is 12.0. The minimum atomic E-state index is 0.0837. The molecule has 1 aromatic heterocycles. The number of nitrogens with zero attached hydrogens (tertiary/aromatic N) is 4. The van der Waals surface area contributed by atoms with Crippen molar-refractivity contribution < 1.29 is 9.59 Å². The second-order valence-corrected chi connectivity index (χ2v) is 8.59. The SMILES string of the molecule is CCC(=O)N1CCN(c2nnc(SCC(=O)NC3CCCC3)s2)CC1. The van der Waals surface area contributed by atoms with Crippen LogP contribution in [-0.4, -0.2) is 64.9 Å². The number of rotatable bonds is 6. The molecule has 7 nitrogen and oxygen atoms in total. The quantitative estimate of drug-likeness (QED) is 0.754. The molecule has 3 rings (SSSR count). The van der Waals surface area contributed by atoms with Crippen LogP contribution in [0.1, 0.15) is 39.0 Å². The molecule has 2 amide bonds. The van der Waals surface area contributed by atoms with Crippen molar-refractivity contribution >= 4 is 40.0 Å². The molecule has 1 saturated heterocycles. The summed E-state index contributed by atoms with van der Waals surface area (Å²) in [6.45, 7) is 4.93. The molecule has 0 atom stereocenters. The van der Waals surface area contributed by atoms with Gasteiger partial charge in [-0.1, -0.05) is 42.9 Å². The monoisotopic (exact) mass is 383 g/mol. The van der Waals surface area contributed by atoms with Gasteiger partial charge in [-0.25, -0.2) is 0 Å². The van der Waals surface area contributed by atoms with Crippen molar-refractivity contribution in [3.63, 3.8) is 0 Å². The van der Waals surface area contributed by atoms with Crippen LogP contribution in [0.4, 0.5) is 5.13 Å². The zero-order valence-corrected chi connectivity index (χ0v) is 16.2. The molecular weight excluding hydrogens is 358 g/mol. The number of piperazine rings is 1. The number of carbonyl (C=O) groups is 2. The molecular formula is C16H25N5O2S2. The predicted molar refractivity (Wildman–Crippen MR) is 100 cm³/mol. The Balaban J connectivity index is 1.43. The largest absolute Gasteiger partial charge is 0.353 e. The summed E-state index contributed by atoms with van der Waals surface area (Å²) in [5.41, 5.74) is 0. The summed E-state index contributed by atoms with van der Waals surface area (Å²) in [4.78, 5) is 27.8. The molecule has 0 spiro atoms. The lowest BCUT2D eigenvalue weighted by Crippen LogP contribution is -2.48. The third-order valence-electron chi connectivity index (χ3n) is 4.65. The summed E-state index contributed by atoms with van der Waals surface area (Å²) in [6, 6.07) is 0.361. The fraction of sp³-hybridized carbons (Fsp3) is 0.750. The van der Waals surface area contributed by atoms with Crippen LogP contribution in [0.2, 0.25) is 0 Å².